The molecule has 0 spiro atoms. The van der Waals surface area contributed by atoms with Gasteiger partial charge < -0.3 is 19.7 Å². The van der Waals surface area contributed by atoms with E-state index in [9.17, 15) is 10.2 Å². The van der Waals surface area contributed by atoms with Gasteiger partial charge in [-0.05, 0) is 24.1 Å². The molecule has 0 aliphatic carbocycles. The van der Waals surface area contributed by atoms with Gasteiger partial charge in [0.2, 0.25) is 0 Å². The molecule has 1 rings (SSSR count). The lowest BCUT2D eigenvalue weighted by Crippen LogP contribution is -2.18. The number of methoxy groups -OCH3 is 1. The first kappa shape index (κ1) is 15.4. The molecule has 2 N–H and O–H groups in total. The number of alkyl halides is 1. The third-order valence-electron chi connectivity index (χ3n) is 2.55. The van der Waals surface area contributed by atoms with Gasteiger partial charge in [-0.15, -0.1) is 0 Å². The van der Waals surface area contributed by atoms with E-state index in [1.165, 1.54) is 0 Å². The molecule has 0 aromatic heterocycles. The van der Waals surface area contributed by atoms with Crippen molar-refractivity contribution in [3.63, 3.8) is 0 Å². The second-order valence-electron chi connectivity index (χ2n) is 3.90. The van der Waals surface area contributed by atoms with Gasteiger partial charge >= 0.3 is 0 Å². The van der Waals surface area contributed by atoms with Crippen molar-refractivity contribution in [2.45, 2.75) is 18.6 Å². The summed E-state index contributed by atoms with van der Waals surface area (Å²) in [5.41, 5.74) is 0.683. The minimum Gasteiger partial charge on any atom is -0.491 e. The van der Waals surface area contributed by atoms with Crippen LogP contribution in [0.4, 0.5) is 0 Å². The molecule has 0 saturated heterocycles. The predicted molar refractivity (Wildman–Crippen MR) is 73.2 cm³/mol. The first-order valence-corrected chi connectivity index (χ1v) is 6.95. The first-order valence-electron chi connectivity index (χ1n) is 5.83. The van der Waals surface area contributed by atoms with Crippen LogP contribution < -0.4 is 4.74 Å². The molecule has 0 radical (unpaired) electrons. The molecule has 18 heavy (non-hydrogen) atoms. The van der Waals surface area contributed by atoms with Crippen molar-refractivity contribution in [1.29, 1.82) is 0 Å². The third-order valence-corrected chi connectivity index (χ3v) is 3.00. The fraction of sp³-hybridized carbons (Fsp3) is 0.538. The SMILES string of the molecule is COCCOc1ccc(C(O)C(O)CCBr)cc1. The summed E-state index contributed by atoms with van der Waals surface area (Å²) in [5, 5.41) is 20.2. The number of ether oxygens (including phenoxy) is 2. The van der Waals surface area contributed by atoms with E-state index < -0.39 is 12.2 Å². The number of halogens is 1. The molecule has 1 aromatic carbocycles. The molecular formula is C13H19BrO4. The van der Waals surface area contributed by atoms with Gasteiger partial charge in [-0.3, -0.25) is 0 Å². The largest absolute Gasteiger partial charge is 0.491 e. The number of hydrogen-bond donors (Lipinski definition) is 2. The van der Waals surface area contributed by atoms with Crippen LogP contribution in [0.3, 0.4) is 0 Å². The van der Waals surface area contributed by atoms with Crippen LogP contribution in [0.5, 0.6) is 5.75 Å². The summed E-state index contributed by atoms with van der Waals surface area (Å²) in [6.07, 6.45) is -1.12. The van der Waals surface area contributed by atoms with Gasteiger partial charge in [0.05, 0.1) is 12.7 Å². The summed E-state index contributed by atoms with van der Waals surface area (Å²) < 4.78 is 10.3. The molecule has 4 nitrogen and oxygen atoms in total. The first-order chi connectivity index (χ1) is 8.69. The Labute approximate surface area is 116 Å². The van der Waals surface area contributed by atoms with Crippen molar-refractivity contribution >= 4 is 15.9 Å². The molecule has 2 atom stereocenters. The van der Waals surface area contributed by atoms with Crippen LogP contribution in [0.25, 0.3) is 0 Å². The van der Waals surface area contributed by atoms with Gasteiger partial charge in [0.1, 0.15) is 18.5 Å². The van der Waals surface area contributed by atoms with Crippen LogP contribution in [-0.2, 0) is 4.74 Å². The van der Waals surface area contributed by atoms with E-state index in [-0.39, 0.29) is 0 Å². The average Bonchev–Trinajstić information content (AvgIpc) is 2.39. The van der Waals surface area contributed by atoms with Gasteiger partial charge in [0.15, 0.2) is 0 Å². The van der Waals surface area contributed by atoms with Crippen LogP contribution >= 0.6 is 15.9 Å². The summed E-state index contributed by atoms with van der Waals surface area (Å²) >= 11 is 3.23. The smallest absolute Gasteiger partial charge is 0.119 e. The maximum Gasteiger partial charge on any atom is 0.119 e. The Bertz CT molecular complexity index is 328. The zero-order chi connectivity index (χ0) is 13.4. The molecule has 0 aliphatic heterocycles. The average molecular weight is 319 g/mol. The number of rotatable bonds is 8. The lowest BCUT2D eigenvalue weighted by molar-refractivity contribution is 0.0173. The molecule has 0 saturated carbocycles. The second-order valence-corrected chi connectivity index (χ2v) is 4.69. The topological polar surface area (TPSA) is 58.9 Å². The highest BCUT2D eigenvalue weighted by atomic mass is 79.9. The lowest BCUT2D eigenvalue weighted by Gasteiger charge is -2.17. The Morgan fingerprint density at radius 1 is 1.17 bits per heavy atom. The van der Waals surface area contributed by atoms with Crippen molar-refractivity contribution < 1.29 is 19.7 Å². The number of benzene rings is 1. The van der Waals surface area contributed by atoms with E-state index in [0.717, 1.165) is 5.75 Å². The maximum atomic E-state index is 9.89. The van der Waals surface area contributed by atoms with E-state index in [4.69, 9.17) is 9.47 Å². The molecular weight excluding hydrogens is 300 g/mol. The highest BCUT2D eigenvalue weighted by molar-refractivity contribution is 9.09. The Balaban J connectivity index is 2.53. The molecule has 0 fully saturated rings. The van der Waals surface area contributed by atoms with Crippen molar-refractivity contribution in [1.82, 2.24) is 0 Å². The summed E-state index contributed by atoms with van der Waals surface area (Å²) in [7, 11) is 1.62. The maximum absolute atomic E-state index is 9.89. The van der Waals surface area contributed by atoms with Crippen molar-refractivity contribution in [2.75, 3.05) is 25.7 Å². The third kappa shape index (κ3) is 4.94. The fourth-order valence-corrected chi connectivity index (χ4v) is 1.96. The standard InChI is InChI=1S/C13H19BrO4/c1-17-8-9-18-11-4-2-10(3-5-11)13(16)12(15)6-7-14/h2-5,12-13,15-16H,6-9H2,1H3. The van der Waals surface area contributed by atoms with E-state index in [1.54, 1.807) is 31.4 Å². The number of hydrogen-bond acceptors (Lipinski definition) is 4. The predicted octanol–water partition coefficient (Wildman–Crippen LogP) is 1.89. The minimum atomic E-state index is -0.865. The molecule has 102 valence electrons. The van der Waals surface area contributed by atoms with Gasteiger partial charge in [0, 0.05) is 12.4 Å². The Morgan fingerprint density at radius 2 is 1.83 bits per heavy atom. The Morgan fingerprint density at radius 3 is 2.39 bits per heavy atom. The van der Waals surface area contributed by atoms with Gasteiger partial charge in [-0.1, -0.05) is 28.1 Å². The normalized spacial score (nSPS) is 14.2. The molecule has 0 bridgehead atoms. The van der Waals surface area contributed by atoms with Crippen LogP contribution in [0.1, 0.15) is 18.1 Å². The molecule has 0 heterocycles. The summed E-state index contributed by atoms with van der Waals surface area (Å²) in [6, 6.07) is 7.05. The molecule has 1 aromatic rings. The van der Waals surface area contributed by atoms with Gasteiger partial charge in [-0.2, -0.15) is 0 Å². The van der Waals surface area contributed by atoms with E-state index in [0.29, 0.717) is 30.5 Å². The zero-order valence-corrected chi connectivity index (χ0v) is 12.0. The van der Waals surface area contributed by atoms with Crippen LogP contribution in [0, 0.1) is 0 Å². The quantitative estimate of drug-likeness (QED) is 0.567. The second kappa shape index (κ2) is 8.48. The summed E-state index contributed by atoms with van der Waals surface area (Å²) in [5.74, 6) is 0.720. The minimum absolute atomic E-state index is 0.491. The lowest BCUT2D eigenvalue weighted by atomic mass is 10.0. The fourth-order valence-electron chi connectivity index (χ4n) is 1.50. The van der Waals surface area contributed by atoms with E-state index >= 15 is 0 Å². The zero-order valence-electron chi connectivity index (χ0n) is 10.4. The summed E-state index contributed by atoms with van der Waals surface area (Å²) in [4.78, 5) is 0. The van der Waals surface area contributed by atoms with Gasteiger partial charge in [0.25, 0.3) is 0 Å². The van der Waals surface area contributed by atoms with Crippen molar-refractivity contribution in [3.05, 3.63) is 29.8 Å². The molecule has 0 amide bonds. The molecule has 5 heteroatoms. The highest BCUT2D eigenvalue weighted by Crippen LogP contribution is 2.22. The van der Waals surface area contributed by atoms with Crippen molar-refractivity contribution in [2.24, 2.45) is 0 Å². The van der Waals surface area contributed by atoms with Crippen LogP contribution in [0.2, 0.25) is 0 Å². The molecule has 2 unspecified atom stereocenters. The van der Waals surface area contributed by atoms with Crippen LogP contribution in [-0.4, -0.2) is 42.0 Å². The van der Waals surface area contributed by atoms with E-state index in [2.05, 4.69) is 15.9 Å². The van der Waals surface area contributed by atoms with Crippen LogP contribution in [0.15, 0.2) is 24.3 Å². The summed E-state index contributed by atoms with van der Waals surface area (Å²) in [6.45, 7) is 1.03. The van der Waals surface area contributed by atoms with E-state index in [1.807, 2.05) is 0 Å². The monoisotopic (exact) mass is 318 g/mol. The Kier molecular flexibility index (Phi) is 7.27. The molecule has 0 aliphatic rings. The number of aliphatic hydroxyl groups excluding tert-OH is 2. The van der Waals surface area contributed by atoms with Gasteiger partial charge in [-0.25, -0.2) is 0 Å². The Hall–Kier alpha value is -0.620. The number of aliphatic hydroxyl groups is 2. The van der Waals surface area contributed by atoms with Crippen molar-refractivity contribution in [3.8, 4) is 5.75 Å². The highest BCUT2D eigenvalue weighted by Gasteiger charge is 2.17.